The molecule has 0 N–H and O–H groups in total. The van der Waals surface area contributed by atoms with Gasteiger partial charge in [-0.3, -0.25) is 0 Å². The molecule has 0 unspecified atom stereocenters. The highest BCUT2D eigenvalue weighted by Gasteiger charge is 2.47. The summed E-state index contributed by atoms with van der Waals surface area (Å²) >= 11 is 0. The SMILES string of the molecule is CC(C)(C)c1ccc(N2B3c4c(cc(-c5ccccc5)cc4N(c4ccc(C(C)(C)C)cc4-c4ccccc4)c4ccc5c(oc6ccccc65)c43)-c3ccc(-c4ccccc4)cc32)cc1. The van der Waals surface area contributed by atoms with E-state index in [4.69, 9.17) is 4.42 Å². The molecule has 0 saturated heterocycles. The van der Waals surface area contributed by atoms with E-state index in [1.807, 2.05) is 0 Å². The van der Waals surface area contributed by atoms with Crippen LogP contribution in [0.1, 0.15) is 52.7 Å². The number of fused-ring (bicyclic) bond motifs is 8. The Morgan fingerprint density at radius 3 is 1.65 bits per heavy atom. The minimum atomic E-state index is -0.247. The molecule has 66 heavy (non-hydrogen) atoms. The summed E-state index contributed by atoms with van der Waals surface area (Å²) in [7, 11) is 0. The zero-order chi connectivity index (χ0) is 44.9. The summed E-state index contributed by atoms with van der Waals surface area (Å²) in [4.78, 5) is 5.18. The van der Waals surface area contributed by atoms with E-state index in [1.165, 1.54) is 66.8 Å². The molecular weight excluding hydrogens is 800 g/mol. The second-order valence-electron chi connectivity index (χ2n) is 20.1. The molecule has 9 aromatic carbocycles. The first-order valence-corrected chi connectivity index (χ1v) is 23.3. The van der Waals surface area contributed by atoms with Crippen LogP contribution in [0, 0.1) is 0 Å². The lowest BCUT2D eigenvalue weighted by atomic mass is 9.43. The van der Waals surface area contributed by atoms with Crippen LogP contribution in [0.25, 0.3) is 66.4 Å². The maximum atomic E-state index is 7.19. The Kier molecular flexibility index (Phi) is 9.09. The molecule has 10 aromatic rings. The Labute approximate surface area is 388 Å². The van der Waals surface area contributed by atoms with Gasteiger partial charge in [0.25, 0.3) is 0 Å². The van der Waals surface area contributed by atoms with E-state index < -0.39 is 0 Å². The van der Waals surface area contributed by atoms with Gasteiger partial charge in [-0.25, -0.2) is 0 Å². The number of hydrogen-bond acceptors (Lipinski definition) is 3. The minimum Gasteiger partial charge on any atom is -0.456 e. The lowest BCUT2D eigenvalue weighted by Gasteiger charge is -2.46. The second-order valence-corrected chi connectivity index (χ2v) is 20.1. The van der Waals surface area contributed by atoms with Gasteiger partial charge >= 0.3 is 6.85 Å². The Morgan fingerprint density at radius 2 is 0.970 bits per heavy atom. The summed E-state index contributed by atoms with van der Waals surface area (Å²) in [5.41, 5.74) is 22.0. The smallest absolute Gasteiger partial charge is 0.336 e. The van der Waals surface area contributed by atoms with Gasteiger partial charge in [0.05, 0.1) is 5.69 Å². The summed E-state index contributed by atoms with van der Waals surface area (Å²) in [5, 5.41) is 2.24. The van der Waals surface area contributed by atoms with Crippen molar-refractivity contribution < 1.29 is 4.42 Å². The molecule has 1 aromatic heterocycles. The average molecular weight is 851 g/mol. The molecule has 2 aliphatic heterocycles. The van der Waals surface area contributed by atoms with Gasteiger partial charge < -0.3 is 14.1 Å². The van der Waals surface area contributed by atoms with E-state index in [0.29, 0.717) is 0 Å². The van der Waals surface area contributed by atoms with Gasteiger partial charge in [-0.15, -0.1) is 0 Å². The Hall–Kier alpha value is -7.56. The van der Waals surface area contributed by atoms with Gasteiger partial charge in [-0.05, 0) is 121 Å². The van der Waals surface area contributed by atoms with Crippen LogP contribution in [0.5, 0.6) is 0 Å². The Bertz CT molecular complexity index is 3490. The molecule has 0 bridgehead atoms. The van der Waals surface area contributed by atoms with Crippen molar-refractivity contribution in [2.75, 3.05) is 9.71 Å². The van der Waals surface area contributed by atoms with E-state index in [9.17, 15) is 0 Å². The van der Waals surface area contributed by atoms with Gasteiger partial charge in [0.15, 0.2) is 0 Å². The van der Waals surface area contributed by atoms with Crippen molar-refractivity contribution in [3.8, 4) is 44.5 Å². The standard InChI is InChI=1S/C62H51BN2O/c1-61(2,3)45-27-30-47(31-28-45)65-55-37-43(40-18-10-7-11-19-40)26-32-48(55)52-36-44(41-20-12-8-13-21-41)38-56-58(52)63(65)59-54(35-33-50-49-24-16-17-25-57(49)66-60(50)59)64(56)53-34-29-46(62(4,5)6)39-51(53)42-22-14-9-15-23-42/h7-39H,1-6H3. The first-order valence-electron chi connectivity index (χ1n) is 23.3. The predicted octanol–water partition coefficient (Wildman–Crippen LogP) is 15.9. The second kappa shape index (κ2) is 15.0. The largest absolute Gasteiger partial charge is 0.456 e. The fraction of sp³-hybridized carbons (Fsp3) is 0.129. The number of para-hydroxylation sites is 1. The molecule has 0 atom stereocenters. The predicted molar refractivity (Wildman–Crippen MR) is 281 cm³/mol. The fourth-order valence-corrected chi connectivity index (χ4v) is 10.5. The molecular formula is C62H51BN2O. The van der Waals surface area contributed by atoms with E-state index in [1.54, 1.807) is 0 Å². The third-order valence-electron chi connectivity index (χ3n) is 14.0. The van der Waals surface area contributed by atoms with Gasteiger partial charge in [-0.2, -0.15) is 0 Å². The number of nitrogens with zero attached hydrogens (tertiary/aromatic N) is 2. The summed E-state index contributed by atoms with van der Waals surface area (Å²) in [5.74, 6) is 0. The topological polar surface area (TPSA) is 19.6 Å². The molecule has 0 aliphatic carbocycles. The van der Waals surface area contributed by atoms with Crippen molar-refractivity contribution in [3.05, 3.63) is 211 Å². The monoisotopic (exact) mass is 850 g/mol. The molecule has 318 valence electrons. The number of hydrogen-bond donors (Lipinski definition) is 0. The zero-order valence-electron chi connectivity index (χ0n) is 38.4. The van der Waals surface area contributed by atoms with Crippen molar-refractivity contribution >= 4 is 68.1 Å². The van der Waals surface area contributed by atoms with E-state index in [-0.39, 0.29) is 17.7 Å². The van der Waals surface area contributed by atoms with E-state index in [0.717, 1.165) is 50.2 Å². The summed E-state index contributed by atoms with van der Waals surface area (Å²) in [6, 6.07) is 74.2. The molecule has 2 aliphatic rings. The highest BCUT2D eigenvalue weighted by atomic mass is 16.3. The molecule has 3 heterocycles. The third-order valence-corrected chi connectivity index (χ3v) is 14.0. The van der Waals surface area contributed by atoms with Crippen LogP contribution in [-0.4, -0.2) is 6.85 Å². The Balaban J connectivity index is 1.25. The van der Waals surface area contributed by atoms with Crippen LogP contribution in [-0.2, 0) is 10.8 Å². The van der Waals surface area contributed by atoms with Crippen LogP contribution in [0.2, 0.25) is 0 Å². The van der Waals surface area contributed by atoms with Crippen molar-refractivity contribution in [2.24, 2.45) is 0 Å². The maximum absolute atomic E-state index is 7.19. The molecule has 0 radical (unpaired) electrons. The number of anilines is 5. The van der Waals surface area contributed by atoms with Crippen LogP contribution >= 0.6 is 0 Å². The quantitative estimate of drug-likeness (QED) is 0.161. The van der Waals surface area contributed by atoms with Crippen LogP contribution in [0.4, 0.5) is 28.4 Å². The lowest BCUT2D eigenvalue weighted by Crippen LogP contribution is -2.61. The normalized spacial score (nSPS) is 13.2. The van der Waals surface area contributed by atoms with Crippen LogP contribution < -0.4 is 20.6 Å². The van der Waals surface area contributed by atoms with Gasteiger partial charge in [0.1, 0.15) is 11.2 Å². The molecule has 0 amide bonds. The highest BCUT2D eigenvalue weighted by molar-refractivity contribution is 6.95. The van der Waals surface area contributed by atoms with Crippen molar-refractivity contribution in [1.29, 1.82) is 0 Å². The van der Waals surface area contributed by atoms with Gasteiger partial charge in [0, 0.05) is 50.1 Å². The van der Waals surface area contributed by atoms with Gasteiger partial charge in [-0.1, -0.05) is 181 Å². The number of benzene rings is 9. The first-order chi connectivity index (χ1) is 32.0. The van der Waals surface area contributed by atoms with Crippen molar-refractivity contribution in [2.45, 2.75) is 52.4 Å². The Morgan fingerprint density at radius 1 is 0.379 bits per heavy atom. The first kappa shape index (κ1) is 40.0. The van der Waals surface area contributed by atoms with Gasteiger partial charge in [0.2, 0.25) is 0 Å². The molecule has 0 saturated carbocycles. The summed E-state index contributed by atoms with van der Waals surface area (Å²) in [6.45, 7) is 13.5. The number of rotatable bonds is 5. The highest BCUT2D eigenvalue weighted by Crippen LogP contribution is 2.52. The summed E-state index contributed by atoms with van der Waals surface area (Å²) < 4.78 is 7.19. The van der Waals surface area contributed by atoms with E-state index in [2.05, 4.69) is 251 Å². The minimum absolute atomic E-state index is 0.00377. The third kappa shape index (κ3) is 6.42. The van der Waals surface area contributed by atoms with Crippen molar-refractivity contribution in [1.82, 2.24) is 0 Å². The summed E-state index contributed by atoms with van der Waals surface area (Å²) in [6.07, 6.45) is 0. The van der Waals surface area contributed by atoms with Crippen molar-refractivity contribution in [3.63, 3.8) is 0 Å². The maximum Gasteiger partial charge on any atom is 0.336 e. The van der Waals surface area contributed by atoms with Crippen LogP contribution in [0.3, 0.4) is 0 Å². The molecule has 3 nitrogen and oxygen atoms in total. The molecule has 12 rings (SSSR count). The average Bonchev–Trinajstić information content (AvgIpc) is 3.73. The zero-order valence-corrected chi connectivity index (χ0v) is 38.4. The molecule has 0 spiro atoms. The molecule has 4 heteroatoms. The molecule has 0 fully saturated rings. The van der Waals surface area contributed by atoms with Crippen LogP contribution in [0.15, 0.2) is 205 Å². The lowest BCUT2D eigenvalue weighted by molar-refractivity contribution is 0.590. The van der Waals surface area contributed by atoms with E-state index >= 15 is 0 Å². The fourth-order valence-electron chi connectivity index (χ4n) is 10.5. The number of furan rings is 1.